The van der Waals surface area contributed by atoms with Gasteiger partial charge in [-0.1, -0.05) is 19.1 Å². The van der Waals surface area contributed by atoms with Gasteiger partial charge in [-0.15, -0.1) is 0 Å². The van der Waals surface area contributed by atoms with Gasteiger partial charge in [0.15, 0.2) is 5.69 Å². The highest BCUT2D eigenvalue weighted by Gasteiger charge is 2.19. The molecule has 11 nitrogen and oxygen atoms in total. The van der Waals surface area contributed by atoms with E-state index >= 15 is 0 Å². The molecule has 0 saturated carbocycles. The summed E-state index contributed by atoms with van der Waals surface area (Å²) in [6.45, 7) is 5.25. The van der Waals surface area contributed by atoms with E-state index in [4.69, 9.17) is 0 Å². The molecule has 1 aromatic carbocycles. The summed E-state index contributed by atoms with van der Waals surface area (Å²) in [6.07, 6.45) is 4.95. The zero-order valence-electron chi connectivity index (χ0n) is 17.2. The molecule has 2 amide bonds. The van der Waals surface area contributed by atoms with Gasteiger partial charge in [-0.25, -0.2) is 0 Å². The van der Waals surface area contributed by atoms with Crippen molar-refractivity contribution in [2.75, 3.05) is 11.9 Å². The third kappa shape index (κ3) is 5.32. The lowest BCUT2D eigenvalue weighted by molar-refractivity contribution is -0.385. The fraction of sp³-hybridized carbons (Fsp3) is 0.300. The smallest absolute Gasteiger partial charge is 0.307 e. The van der Waals surface area contributed by atoms with Crippen molar-refractivity contribution in [3.8, 4) is 0 Å². The van der Waals surface area contributed by atoms with Crippen molar-refractivity contribution >= 4 is 23.2 Å². The minimum absolute atomic E-state index is 0.0811. The summed E-state index contributed by atoms with van der Waals surface area (Å²) in [6, 6.07) is 6.77. The highest BCUT2D eigenvalue weighted by molar-refractivity contribution is 6.08. The van der Waals surface area contributed by atoms with Crippen LogP contribution in [0.4, 0.5) is 11.4 Å². The lowest BCUT2D eigenvalue weighted by Gasteiger charge is -2.07. The Kier molecular flexibility index (Phi) is 6.75. The molecule has 0 spiro atoms. The largest absolute Gasteiger partial charge is 0.351 e. The average molecular weight is 425 g/mol. The van der Waals surface area contributed by atoms with Gasteiger partial charge in [0, 0.05) is 24.8 Å². The van der Waals surface area contributed by atoms with Gasteiger partial charge < -0.3 is 10.6 Å². The van der Waals surface area contributed by atoms with E-state index in [9.17, 15) is 19.7 Å². The van der Waals surface area contributed by atoms with E-state index in [-0.39, 0.29) is 23.2 Å². The predicted molar refractivity (Wildman–Crippen MR) is 113 cm³/mol. The molecule has 2 N–H and O–H groups in total. The number of benzene rings is 1. The molecule has 3 aromatic rings. The number of carbonyl (C=O) groups is 2. The molecule has 31 heavy (non-hydrogen) atoms. The Morgan fingerprint density at radius 1 is 1.10 bits per heavy atom. The van der Waals surface area contributed by atoms with Gasteiger partial charge in [-0.2, -0.15) is 10.2 Å². The van der Waals surface area contributed by atoms with Crippen LogP contribution in [0.3, 0.4) is 0 Å². The molecule has 0 bridgehead atoms. The quantitative estimate of drug-likeness (QED) is 0.399. The van der Waals surface area contributed by atoms with Gasteiger partial charge >= 0.3 is 5.69 Å². The first-order valence-corrected chi connectivity index (χ1v) is 9.84. The van der Waals surface area contributed by atoms with Crippen molar-refractivity contribution in [2.45, 2.75) is 33.4 Å². The van der Waals surface area contributed by atoms with Crippen LogP contribution in [-0.2, 0) is 13.1 Å². The van der Waals surface area contributed by atoms with E-state index < -0.39 is 4.92 Å². The third-order valence-electron chi connectivity index (χ3n) is 4.48. The third-order valence-corrected chi connectivity index (χ3v) is 4.48. The van der Waals surface area contributed by atoms with Gasteiger partial charge in [-0.3, -0.25) is 29.1 Å². The van der Waals surface area contributed by atoms with E-state index in [1.807, 2.05) is 13.8 Å². The Bertz CT molecular complexity index is 1090. The van der Waals surface area contributed by atoms with Gasteiger partial charge in [0.2, 0.25) is 0 Å². The number of nitrogens with one attached hydrogen (secondary N) is 2. The number of nitrogens with zero attached hydrogens (tertiary/aromatic N) is 5. The second-order valence-electron chi connectivity index (χ2n) is 6.81. The van der Waals surface area contributed by atoms with Gasteiger partial charge in [-0.05, 0) is 31.0 Å². The van der Waals surface area contributed by atoms with E-state index in [0.29, 0.717) is 30.9 Å². The Labute approximate surface area is 178 Å². The molecule has 0 unspecified atom stereocenters. The van der Waals surface area contributed by atoms with E-state index in [0.717, 1.165) is 12.0 Å². The number of carbonyl (C=O) groups excluding carboxylic acids is 2. The predicted octanol–water partition coefficient (Wildman–Crippen LogP) is 2.45. The van der Waals surface area contributed by atoms with E-state index in [1.165, 1.54) is 17.1 Å². The topological polar surface area (TPSA) is 137 Å². The molecule has 0 atom stereocenters. The van der Waals surface area contributed by atoms with Crippen LogP contribution in [0.5, 0.6) is 0 Å². The Morgan fingerprint density at radius 3 is 2.45 bits per heavy atom. The number of aromatic nitrogens is 4. The number of aryl methyl sites for hydroxylation is 1. The zero-order valence-corrected chi connectivity index (χ0v) is 17.2. The standard InChI is InChI=1S/C20H23N7O4/c1-3-9-21-20(29)18-17(13-25(4-2)24-18)23-19(28)15-7-5-14(6-8-15)11-26-12-16(10-22-26)27(30)31/h5-8,10,12-13H,3-4,9,11H2,1-2H3,(H,21,29)(H,23,28). The number of hydrogen-bond acceptors (Lipinski definition) is 6. The lowest BCUT2D eigenvalue weighted by Crippen LogP contribution is -2.26. The summed E-state index contributed by atoms with van der Waals surface area (Å²) >= 11 is 0. The summed E-state index contributed by atoms with van der Waals surface area (Å²) in [7, 11) is 0. The molecular formula is C20H23N7O4. The number of rotatable bonds is 9. The molecule has 2 heterocycles. The minimum Gasteiger partial charge on any atom is -0.351 e. The molecule has 0 aliphatic carbocycles. The molecule has 11 heteroatoms. The molecule has 3 rings (SSSR count). The van der Waals surface area contributed by atoms with Crippen molar-refractivity contribution in [1.29, 1.82) is 0 Å². The maximum absolute atomic E-state index is 12.7. The molecule has 0 radical (unpaired) electrons. The van der Waals surface area contributed by atoms with Crippen LogP contribution in [-0.4, -0.2) is 42.8 Å². The summed E-state index contributed by atoms with van der Waals surface area (Å²) < 4.78 is 3.04. The van der Waals surface area contributed by atoms with Crippen LogP contribution < -0.4 is 10.6 Å². The first-order chi connectivity index (χ1) is 14.9. The summed E-state index contributed by atoms with van der Waals surface area (Å²) in [5, 5.41) is 24.5. The summed E-state index contributed by atoms with van der Waals surface area (Å²) in [4.78, 5) is 35.3. The van der Waals surface area contributed by atoms with Crippen LogP contribution in [0.15, 0.2) is 42.9 Å². The van der Waals surface area contributed by atoms with Crippen molar-refractivity contribution in [3.63, 3.8) is 0 Å². The molecule has 0 fully saturated rings. The average Bonchev–Trinajstić information content (AvgIpc) is 3.39. The Balaban J connectivity index is 1.70. The first kappa shape index (κ1) is 21.7. The van der Waals surface area contributed by atoms with E-state index in [1.54, 1.807) is 35.1 Å². The van der Waals surface area contributed by atoms with Crippen LogP contribution in [0.2, 0.25) is 0 Å². The molecule has 0 aliphatic heterocycles. The summed E-state index contributed by atoms with van der Waals surface area (Å²) in [5.74, 6) is -0.713. The van der Waals surface area contributed by atoms with E-state index in [2.05, 4.69) is 20.8 Å². The van der Waals surface area contributed by atoms with Crippen molar-refractivity contribution in [3.05, 3.63) is 69.8 Å². The number of anilines is 1. The van der Waals surface area contributed by atoms with Crippen LogP contribution >= 0.6 is 0 Å². The first-order valence-electron chi connectivity index (χ1n) is 9.84. The van der Waals surface area contributed by atoms with Crippen LogP contribution in [0.25, 0.3) is 0 Å². The molecule has 0 saturated heterocycles. The molecular weight excluding hydrogens is 402 g/mol. The second kappa shape index (κ2) is 9.65. The van der Waals surface area contributed by atoms with Gasteiger partial charge in [0.05, 0.1) is 17.2 Å². The van der Waals surface area contributed by atoms with Crippen LogP contribution in [0.1, 0.15) is 46.7 Å². The van der Waals surface area contributed by atoms with Crippen molar-refractivity contribution in [1.82, 2.24) is 24.9 Å². The maximum Gasteiger partial charge on any atom is 0.307 e. The Morgan fingerprint density at radius 2 is 1.84 bits per heavy atom. The minimum atomic E-state index is -0.506. The zero-order chi connectivity index (χ0) is 22.4. The monoisotopic (exact) mass is 425 g/mol. The highest BCUT2D eigenvalue weighted by atomic mass is 16.6. The van der Waals surface area contributed by atoms with Crippen molar-refractivity contribution < 1.29 is 14.5 Å². The van der Waals surface area contributed by atoms with Crippen molar-refractivity contribution in [2.24, 2.45) is 0 Å². The summed E-state index contributed by atoms with van der Waals surface area (Å²) in [5.41, 5.74) is 1.66. The normalized spacial score (nSPS) is 10.6. The number of amides is 2. The highest BCUT2D eigenvalue weighted by Crippen LogP contribution is 2.16. The fourth-order valence-electron chi connectivity index (χ4n) is 2.84. The van der Waals surface area contributed by atoms with Gasteiger partial charge in [0.25, 0.3) is 11.8 Å². The SMILES string of the molecule is CCCNC(=O)c1nn(CC)cc1NC(=O)c1ccc(Cn2cc([N+](=O)[O-])cn2)cc1. The molecule has 2 aromatic heterocycles. The Hall–Kier alpha value is -4.02. The number of nitro groups is 1. The second-order valence-corrected chi connectivity index (χ2v) is 6.81. The fourth-order valence-corrected chi connectivity index (χ4v) is 2.84. The maximum atomic E-state index is 12.7. The molecule has 162 valence electrons. The number of hydrogen-bond donors (Lipinski definition) is 2. The lowest BCUT2D eigenvalue weighted by atomic mass is 10.1. The van der Waals surface area contributed by atoms with Crippen LogP contribution in [0, 0.1) is 10.1 Å². The molecule has 0 aliphatic rings. The van der Waals surface area contributed by atoms with Gasteiger partial charge in [0.1, 0.15) is 12.4 Å².